The number of fused-ring (bicyclic) bond motifs is 1. The third-order valence-electron chi connectivity index (χ3n) is 5.36. The van der Waals surface area contributed by atoms with Crippen LogP contribution in [0.5, 0.6) is 0 Å². The number of carbonyl (C=O) groups is 2. The van der Waals surface area contributed by atoms with Gasteiger partial charge in [-0.1, -0.05) is 30.3 Å². The number of nitrogens with one attached hydrogen (secondary N) is 2. The monoisotopic (exact) mass is 410 g/mol. The lowest BCUT2D eigenvalue weighted by atomic mass is 9.91. The average molecular weight is 411 g/mol. The summed E-state index contributed by atoms with van der Waals surface area (Å²) in [4.78, 5) is 30.0. The second kappa shape index (κ2) is 11.3. The van der Waals surface area contributed by atoms with Crippen LogP contribution in [0.3, 0.4) is 0 Å². The van der Waals surface area contributed by atoms with Crippen LogP contribution in [0.15, 0.2) is 48.7 Å². The molecular weight excluding hydrogens is 380 g/mol. The van der Waals surface area contributed by atoms with Gasteiger partial charge in [0.05, 0.1) is 13.0 Å². The molecule has 1 amide bonds. The van der Waals surface area contributed by atoms with Crippen molar-refractivity contribution in [3.63, 3.8) is 0 Å². The smallest absolute Gasteiger partial charge is 0.304 e. The van der Waals surface area contributed by atoms with Gasteiger partial charge in [0, 0.05) is 38.3 Å². The molecule has 30 heavy (non-hydrogen) atoms. The summed E-state index contributed by atoms with van der Waals surface area (Å²) in [7, 11) is 0. The van der Waals surface area contributed by atoms with Gasteiger partial charge in [0.2, 0.25) is 5.91 Å². The highest BCUT2D eigenvalue weighted by atomic mass is 16.4. The number of carbonyl (C=O) groups excluding carboxylic acids is 1. The molecule has 1 unspecified atom stereocenters. The summed E-state index contributed by atoms with van der Waals surface area (Å²) in [6, 6.07) is 13.8. The second-order valence-corrected chi connectivity index (χ2v) is 7.68. The van der Waals surface area contributed by atoms with E-state index in [1.807, 2.05) is 36.4 Å². The van der Waals surface area contributed by atoms with Crippen LogP contribution in [-0.2, 0) is 16.0 Å². The molecule has 1 aliphatic rings. The summed E-state index contributed by atoms with van der Waals surface area (Å²) >= 11 is 0. The van der Waals surface area contributed by atoms with Crippen LogP contribution in [0, 0.1) is 0 Å². The Hall–Kier alpha value is -2.93. The fourth-order valence-electron chi connectivity index (χ4n) is 3.89. The number of rotatable bonds is 10. The van der Waals surface area contributed by atoms with E-state index in [-0.39, 0.29) is 18.2 Å². The fourth-order valence-corrected chi connectivity index (χ4v) is 3.89. The Morgan fingerprint density at radius 2 is 1.90 bits per heavy atom. The van der Waals surface area contributed by atoms with Crippen molar-refractivity contribution in [1.82, 2.24) is 15.2 Å². The van der Waals surface area contributed by atoms with Gasteiger partial charge in [-0.25, -0.2) is 4.98 Å². The summed E-state index contributed by atoms with van der Waals surface area (Å²) in [5.41, 5.74) is 2.29. The topological polar surface area (TPSA) is 94.6 Å². The highest BCUT2D eigenvalue weighted by molar-refractivity contribution is 5.78. The maximum absolute atomic E-state index is 12.4. The number of hydrogen-bond acceptors (Lipinski definition) is 5. The number of nitrogens with zero attached hydrogens (tertiary/aromatic N) is 2. The van der Waals surface area contributed by atoms with Gasteiger partial charge in [-0.2, -0.15) is 0 Å². The van der Waals surface area contributed by atoms with Crippen molar-refractivity contribution in [3.05, 3.63) is 59.8 Å². The minimum absolute atomic E-state index is 0.00674. The molecule has 0 radical (unpaired) electrons. The first-order chi connectivity index (χ1) is 14.6. The minimum Gasteiger partial charge on any atom is -0.481 e. The van der Waals surface area contributed by atoms with E-state index in [9.17, 15) is 14.7 Å². The van der Waals surface area contributed by atoms with Gasteiger partial charge in [0.25, 0.3) is 0 Å². The lowest BCUT2D eigenvalue weighted by molar-refractivity contribution is -0.137. The number of benzene rings is 1. The number of hydrogen-bond donors (Lipinski definition) is 3. The molecule has 1 atom stereocenters. The SMILES string of the molecule is O=C(O)CC1CN(CC(=O)NCCCCNc2ccccn2)CCc2ccccc21. The molecule has 0 bridgehead atoms. The zero-order valence-corrected chi connectivity index (χ0v) is 17.2. The normalized spacial score (nSPS) is 16.3. The molecule has 2 heterocycles. The Labute approximate surface area is 177 Å². The lowest BCUT2D eigenvalue weighted by Crippen LogP contribution is -2.39. The lowest BCUT2D eigenvalue weighted by Gasteiger charge is -2.23. The third-order valence-corrected chi connectivity index (χ3v) is 5.36. The molecule has 1 aromatic carbocycles. The molecule has 0 fully saturated rings. The maximum Gasteiger partial charge on any atom is 0.304 e. The fraction of sp³-hybridized carbons (Fsp3) is 0.435. The molecule has 7 heteroatoms. The Morgan fingerprint density at radius 3 is 2.70 bits per heavy atom. The molecule has 0 spiro atoms. The van der Waals surface area contributed by atoms with Crippen LogP contribution in [-0.4, -0.2) is 59.6 Å². The first-order valence-corrected chi connectivity index (χ1v) is 10.6. The average Bonchev–Trinajstić information content (AvgIpc) is 2.90. The van der Waals surface area contributed by atoms with E-state index in [0.717, 1.165) is 43.7 Å². The van der Waals surface area contributed by atoms with Crippen molar-refractivity contribution < 1.29 is 14.7 Å². The van der Waals surface area contributed by atoms with Crippen LogP contribution in [0.2, 0.25) is 0 Å². The Kier molecular flexibility index (Phi) is 8.20. The zero-order chi connectivity index (χ0) is 21.2. The highest BCUT2D eigenvalue weighted by Gasteiger charge is 2.25. The number of pyridine rings is 1. The highest BCUT2D eigenvalue weighted by Crippen LogP contribution is 2.28. The first kappa shape index (κ1) is 21.8. The van der Waals surface area contributed by atoms with E-state index < -0.39 is 5.97 Å². The summed E-state index contributed by atoms with van der Waals surface area (Å²) in [6.45, 7) is 3.10. The van der Waals surface area contributed by atoms with E-state index in [2.05, 4.69) is 26.6 Å². The molecule has 2 aromatic rings. The van der Waals surface area contributed by atoms with Crippen LogP contribution < -0.4 is 10.6 Å². The molecule has 0 aliphatic carbocycles. The van der Waals surface area contributed by atoms with Crippen LogP contribution in [0.4, 0.5) is 5.82 Å². The molecule has 0 saturated heterocycles. The largest absolute Gasteiger partial charge is 0.481 e. The molecule has 1 aliphatic heterocycles. The molecule has 3 rings (SSSR count). The molecule has 7 nitrogen and oxygen atoms in total. The standard InChI is InChI=1S/C23H30N4O3/c28-22(26-13-6-5-12-25-21-9-3-4-11-24-21)17-27-14-10-18-7-1-2-8-20(18)19(16-27)15-23(29)30/h1-4,7-9,11,19H,5-6,10,12-17H2,(H,24,25)(H,26,28)(H,29,30). The van der Waals surface area contributed by atoms with Gasteiger partial charge < -0.3 is 15.7 Å². The minimum atomic E-state index is -0.805. The molecule has 1 aromatic heterocycles. The number of carboxylic acid groups (broad SMARTS) is 1. The number of carboxylic acids is 1. The van der Waals surface area contributed by atoms with Gasteiger partial charge in [-0.05, 0) is 42.5 Å². The van der Waals surface area contributed by atoms with Crippen molar-refractivity contribution in [2.75, 3.05) is 38.0 Å². The quantitative estimate of drug-likeness (QED) is 0.521. The molecule has 0 saturated carbocycles. The van der Waals surface area contributed by atoms with Crippen molar-refractivity contribution in [3.8, 4) is 0 Å². The summed E-state index contributed by atoms with van der Waals surface area (Å²) in [6.07, 6.45) is 4.50. The van der Waals surface area contributed by atoms with Gasteiger partial charge in [-0.15, -0.1) is 0 Å². The van der Waals surface area contributed by atoms with Gasteiger partial charge in [0.15, 0.2) is 0 Å². The number of amides is 1. The van der Waals surface area contributed by atoms with Crippen molar-refractivity contribution >= 4 is 17.7 Å². The predicted octanol–water partition coefficient (Wildman–Crippen LogP) is 2.51. The summed E-state index contributed by atoms with van der Waals surface area (Å²) in [5.74, 6) is -0.0422. The number of unbranched alkanes of at least 4 members (excludes halogenated alkanes) is 1. The zero-order valence-electron chi connectivity index (χ0n) is 17.2. The van der Waals surface area contributed by atoms with E-state index in [1.165, 1.54) is 5.56 Å². The second-order valence-electron chi connectivity index (χ2n) is 7.68. The van der Waals surface area contributed by atoms with Gasteiger partial charge in [-0.3, -0.25) is 14.5 Å². The van der Waals surface area contributed by atoms with Crippen LogP contribution in [0.25, 0.3) is 0 Å². The molecular formula is C23H30N4O3. The van der Waals surface area contributed by atoms with Crippen molar-refractivity contribution in [2.45, 2.75) is 31.6 Å². The van der Waals surface area contributed by atoms with E-state index >= 15 is 0 Å². The van der Waals surface area contributed by atoms with Gasteiger partial charge in [0.1, 0.15) is 5.82 Å². The Morgan fingerprint density at radius 1 is 1.10 bits per heavy atom. The Bertz CT molecular complexity index is 828. The number of aromatic nitrogens is 1. The Balaban J connectivity index is 1.39. The number of anilines is 1. The van der Waals surface area contributed by atoms with Crippen LogP contribution >= 0.6 is 0 Å². The van der Waals surface area contributed by atoms with Gasteiger partial charge >= 0.3 is 5.97 Å². The van der Waals surface area contributed by atoms with Crippen molar-refractivity contribution in [1.29, 1.82) is 0 Å². The van der Waals surface area contributed by atoms with E-state index in [1.54, 1.807) is 6.20 Å². The third kappa shape index (κ3) is 6.84. The first-order valence-electron chi connectivity index (χ1n) is 10.6. The van der Waals surface area contributed by atoms with E-state index in [4.69, 9.17) is 0 Å². The van der Waals surface area contributed by atoms with Crippen molar-refractivity contribution in [2.24, 2.45) is 0 Å². The molecule has 3 N–H and O–H groups in total. The summed E-state index contributed by atoms with van der Waals surface area (Å²) in [5, 5.41) is 15.5. The van der Waals surface area contributed by atoms with E-state index in [0.29, 0.717) is 19.6 Å². The predicted molar refractivity (Wildman–Crippen MR) is 117 cm³/mol. The maximum atomic E-state index is 12.4. The molecule has 160 valence electrons. The number of aliphatic carboxylic acids is 1. The van der Waals surface area contributed by atoms with Crippen LogP contribution in [0.1, 0.15) is 36.3 Å². The summed E-state index contributed by atoms with van der Waals surface area (Å²) < 4.78 is 0.